The molecule has 1 saturated heterocycles. The Balaban J connectivity index is 1.27. The van der Waals surface area contributed by atoms with Gasteiger partial charge in [0, 0.05) is 50.8 Å². The van der Waals surface area contributed by atoms with Crippen LogP contribution in [-0.4, -0.2) is 77.3 Å². The first-order chi connectivity index (χ1) is 16.6. The Kier molecular flexibility index (Phi) is 5.71. The van der Waals surface area contributed by atoms with Crippen molar-refractivity contribution in [1.29, 1.82) is 0 Å². The van der Waals surface area contributed by atoms with Crippen LogP contribution in [0.3, 0.4) is 0 Å². The van der Waals surface area contributed by atoms with Crippen molar-refractivity contribution in [2.45, 2.75) is 17.5 Å². The molecule has 1 fully saturated rings. The van der Waals surface area contributed by atoms with Crippen molar-refractivity contribution in [3.63, 3.8) is 0 Å². The summed E-state index contributed by atoms with van der Waals surface area (Å²) in [6.45, 7) is 1.08. The second-order valence-electron chi connectivity index (χ2n) is 8.11. The van der Waals surface area contributed by atoms with E-state index in [1.54, 1.807) is 35.4 Å². The zero-order valence-electron chi connectivity index (χ0n) is 18.3. The van der Waals surface area contributed by atoms with Gasteiger partial charge >= 0.3 is 12.1 Å². The molecule has 1 amide bonds. The molecule has 0 spiro atoms. The largest absolute Gasteiger partial charge is 0.471 e. The molecule has 184 valence electrons. The van der Waals surface area contributed by atoms with Gasteiger partial charge < -0.3 is 9.80 Å². The van der Waals surface area contributed by atoms with Crippen LogP contribution in [0.1, 0.15) is 5.56 Å². The topological polar surface area (TPSA) is 105 Å². The van der Waals surface area contributed by atoms with Crippen molar-refractivity contribution < 1.29 is 26.4 Å². The molecule has 0 bridgehead atoms. The summed E-state index contributed by atoms with van der Waals surface area (Å²) >= 11 is 0. The van der Waals surface area contributed by atoms with E-state index < -0.39 is 22.1 Å². The number of aromatic nitrogens is 4. The summed E-state index contributed by atoms with van der Waals surface area (Å²) in [6.07, 6.45) is 0.155. The number of hydrogen-bond donors (Lipinski definition) is 0. The average molecular weight is 507 g/mol. The van der Waals surface area contributed by atoms with E-state index in [1.165, 1.54) is 22.5 Å². The first-order valence-electron chi connectivity index (χ1n) is 10.7. The molecular formula is C21H20F3N7O3S. The third kappa shape index (κ3) is 4.34. The molecule has 0 atom stereocenters. The molecule has 0 unspecified atom stereocenters. The highest BCUT2D eigenvalue weighted by Crippen LogP contribution is 2.34. The Bertz CT molecular complexity index is 1340. The van der Waals surface area contributed by atoms with Crippen molar-refractivity contribution in [2.24, 2.45) is 0 Å². The minimum atomic E-state index is -4.99. The number of anilines is 2. The minimum absolute atomic E-state index is 0.00418. The number of carbonyl (C=O) groups is 1. The number of hydrogen-bond acceptors (Lipinski definition) is 7. The molecule has 35 heavy (non-hydrogen) atoms. The van der Waals surface area contributed by atoms with Gasteiger partial charge in [0.05, 0.1) is 4.90 Å². The Morgan fingerprint density at radius 2 is 1.66 bits per heavy atom. The molecule has 10 nitrogen and oxygen atoms in total. The number of sulfonamides is 1. The molecule has 2 aliphatic heterocycles. The Morgan fingerprint density at radius 3 is 2.29 bits per heavy atom. The lowest BCUT2D eigenvalue weighted by molar-refractivity contribution is -0.170. The fourth-order valence-corrected chi connectivity index (χ4v) is 5.70. The van der Waals surface area contributed by atoms with Gasteiger partial charge in [-0.3, -0.25) is 9.36 Å². The normalized spacial score (nSPS) is 17.0. The van der Waals surface area contributed by atoms with Crippen LogP contribution < -0.4 is 9.80 Å². The fourth-order valence-electron chi connectivity index (χ4n) is 4.23. The van der Waals surface area contributed by atoms with Crippen LogP contribution in [0.5, 0.6) is 0 Å². The standard InChI is InChI=1S/C21H20F3N7O3S/c22-21(23,24)20(32)31-7-5-15-13-16(1-2-17(15)31)35(33,34)30-11-9-28(10-12-30)18-3-4-19(27-26-18)29-8-6-25-14-29/h1-4,6,8,13-14H,5,7,9-12H2. The third-order valence-corrected chi connectivity index (χ3v) is 7.93. The Morgan fingerprint density at radius 1 is 0.943 bits per heavy atom. The molecule has 14 heteroatoms. The van der Waals surface area contributed by atoms with Crippen LogP contribution in [0, 0.1) is 0 Å². The number of nitrogens with zero attached hydrogens (tertiary/aromatic N) is 7. The summed E-state index contributed by atoms with van der Waals surface area (Å²) in [7, 11) is -3.86. The van der Waals surface area contributed by atoms with Gasteiger partial charge in [-0.1, -0.05) is 0 Å². The van der Waals surface area contributed by atoms with Crippen molar-refractivity contribution in [2.75, 3.05) is 42.5 Å². The maximum atomic E-state index is 13.2. The number of alkyl halides is 3. The number of fused-ring (bicyclic) bond motifs is 1. The molecule has 5 rings (SSSR count). The van der Waals surface area contributed by atoms with Gasteiger partial charge in [-0.2, -0.15) is 17.5 Å². The van der Waals surface area contributed by atoms with E-state index in [0.29, 0.717) is 35.2 Å². The van der Waals surface area contributed by atoms with E-state index in [9.17, 15) is 26.4 Å². The monoisotopic (exact) mass is 507 g/mol. The summed E-state index contributed by atoms with van der Waals surface area (Å²) < 4.78 is 67.9. The van der Waals surface area contributed by atoms with Gasteiger partial charge in [0.25, 0.3) is 0 Å². The molecule has 4 heterocycles. The minimum Gasteiger partial charge on any atom is -0.352 e. The highest BCUT2D eigenvalue weighted by molar-refractivity contribution is 7.89. The molecular weight excluding hydrogens is 487 g/mol. The van der Waals surface area contributed by atoms with Crippen LogP contribution in [0.4, 0.5) is 24.7 Å². The van der Waals surface area contributed by atoms with Gasteiger partial charge in [0.2, 0.25) is 10.0 Å². The van der Waals surface area contributed by atoms with E-state index in [0.717, 1.165) is 0 Å². The van der Waals surface area contributed by atoms with Crippen LogP contribution in [0.2, 0.25) is 0 Å². The molecule has 2 aliphatic rings. The lowest BCUT2D eigenvalue weighted by Gasteiger charge is -2.34. The third-order valence-electron chi connectivity index (χ3n) is 6.04. The predicted molar refractivity (Wildman–Crippen MR) is 119 cm³/mol. The number of piperazine rings is 1. The first-order valence-corrected chi connectivity index (χ1v) is 12.2. The number of amides is 1. The van der Waals surface area contributed by atoms with E-state index in [2.05, 4.69) is 15.2 Å². The quantitative estimate of drug-likeness (QED) is 0.529. The zero-order valence-corrected chi connectivity index (χ0v) is 19.1. The summed E-state index contributed by atoms with van der Waals surface area (Å²) in [5.74, 6) is -0.721. The number of benzene rings is 1. The smallest absolute Gasteiger partial charge is 0.352 e. The van der Waals surface area contributed by atoms with Crippen molar-refractivity contribution in [1.82, 2.24) is 24.1 Å². The van der Waals surface area contributed by atoms with Gasteiger partial charge in [0.15, 0.2) is 11.6 Å². The van der Waals surface area contributed by atoms with Crippen LogP contribution >= 0.6 is 0 Å². The second-order valence-corrected chi connectivity index (χ2v) is 10.0. The zero-order chi connectivity index (χ0) is 24.8. The predicted octanol–water partition coefficient (Wildman–Crippen LogP) is 1.62. The summed E-state index contributed by atoms with van der Waals surface area (Å²) in [5, 5.41) is 8.41. The lowest BCUT2D eigenvalue weighted by atomic mass is 10.2. The molecule has 0 N–H and O–H groups in total. The Labute approximate surface area is 198 Å². The Hall–Kier alpha value is -3.52. The van der Waals surface area contributed by atoms with E-state index in [4.69, 9.17) is 0 Å². The van der Waals surface area contributed by atoms with Crippen molar-refractivity contribution in [3.8, 4) is 5.82 Å². The molecule has 0 aliphatic carbocycles. The second kappa shape index (κ2) is 8.61. The van der Waals surface area contributed by atoms with E-state index in [-0.39, 0.29) is 36.6 Å². The summed E-state index contributed by atoms with van der Waals surface area (Å²) in [4.78, 5) is 18.2. The number of rotatable bonds is 4. The first kappa shape index (κ1) is 23.2. The van der Waals surface area contributed by atoms with Gasteiger partial charge in [-0.05, 0) is 42.3 Å². The highest BCUT2D eigenvalue weighted by Gasteiger charge is 2.45. The van der Waals surface area contributed by atoms with Crippen LogP contribution in [0.25, 0.3) is 5.82 Å². The van der Waals surface area contributed by atoms with Gasteiger partial charge in [-0.25, -0.2) is 13.4 Å². The van der Waals surface area contributed by atoms with E-state index >= 15 is 0 Å². The maximum Gasteiger partial charge on any atom is 0.471 e. The molecule has 1 aromatic carbocycles. The van der Waals surface area contributed by atoms with Crippen molar-refractivity contribution >= 4 is 27.4 Å². The average Bonchev–Trinajstić information content (AvgIpc) is 3.53. The lowest BCUT2D eigenvalue weighted by Crippen LogP contribution is -2.49. The van der Waals surface area contributed by atoms with Crippen molar-refractivity contribution in [3.05, 3.63) is 54.6 Å². The SMILES string of the molecule is O=C(N1CCc2cc(S(=O)(=O)N3CCN(c4ccc(-n5ccnc5)nn4)CC3)ccc21)C(F)(F)F. The number of carbonyl (C=O) groups excluding carboxylic acids is 1. The molecule has 0 saturated carbocycles. The van der Waals surface area contributed by atoms with Gasteiger partial charge in [-0.15, -0.1) is 10.2 Å². The molecule has 0 radical (unpaired) electrons. The fraction of sp³-hybridized carbons (Fsp3) is 0.333. The summed E-state index contributed by atoms with van der Waals surface area (Å²) in [5.41, 5.74) is 0.490. The molecule has 2 aromatic heterocycles. The summed E-state index contributed by atoms with van der Waals surface area (Å²) in [6, 6.07) is 7.49. The van der Waals surface area contributed by atoms with Gasteiger partial charge in [0.1, 0.15) is 6.33 Å². The van der Waals surface area contributed by atoms with Crippen LogP contribution in [0.15, 0.2) is 53.9 Å². The molecule has 3 aromatic rings. The van der Waals surface area contributed by atoms with Crippen LogP contribution in [-0.2, 0) is 21.2 Å². The maximum absolute atomic E-state index is 13.2. The number of imidazole rings is 1. The number of halogens is 3. The van der Waals surface area contributed by atoms with E-state index in [1.807, 2.05) is 4.90 Å². The highest BCUT2D eigenvalue weighted by atomic mass is 32.2.